The van der Waals surface area contributed by atoms with Crippen LogP contribution < -0.4 is 16.2 Å². The minimum absolute atomic E-state index is 0.161. The second kappa shape index (κ2) is 4.34. The first-order valence-electron chi connectivity index (χ1n) is 4.08. The zero-order valence-electron chi connectivity index (χ0n) is 7.76. The Balaban J connectivity index is 3.16. The first kappa shape index (κ1) is 10.9. The molecule has 0 saturated heterocycles. The van der Waals surface area contributed by atoms with Gasteiger partial charge in [-0.25, -0.2) is 4.39 Å². The maximum absolute atomic E-state index is 13.0. The van der Waals surface area contributed by atoms with Crippen LogP contribution >= 0.6 is 0 Å². The maximum Gasteiger partial charge on any atom is 0.200 e. The summed E-state index contributed by atoms with van der Waals surface area (Å²) in [5.41, 5.74) is 11.3. The van der Waals surface area contributed by atoms with Crippen molar-refractivity contribution in [3.05, 3.63) is 29.3 Å². The van der Waals surface area contributed by atoms with Crippen molar-refractivity contribution < 1.29 is 13.5 Å². The molecule has 0 aromatic heterocycles. The second-order valence-corrected chi connectivity index (χ2v) is 2.86. The van der Waals surface area contributed by atoms with Gasteiger partial charge in [-0.15, -0.1) is 0 Å². The van der Waals surface area contributed by atoms with Crippen molar-refractivity contribution in [2.24, 2.45) is 11.5 Å². The van der Waals surface area contributed by atoms with Gasteiger partial charge in [-0.1, -0.05) is 0 Å². The number of halogens is 2. The molecule has 14 heavy (non-hydrogen) atoms. The molecule has 5 heteroatoms. The zero-order valence-corrected chi connectivity index (χ0v) is 7.76. The molecule has 0 saturated carbocycles. The normalized spacial score (nSPS) is 12.6. The summed E-state index contributed by atoms with van der Waals surface area (Å²) in [5, 5.41) is 0. The molecule has 0 aliphatic heterocycles. The van der Waals surface area contributed by atoms with Gasteiger partial charge in [0.1, 0.15) is 0 Å². The summed E-state index contributed by atoms with van der Waals surface area (Å²) >= 11 is 0. The number of rotatable bonds is 3. The van der Waals surface area contributed by atoms with Crippen molar-refractivity contribution >= 4 is 0 Å². The van der Waals surface area contributed by atoms with Crippen LogP contribution in [0.1, 0.15) is 11.6 Å². The molecule has 0 bridgehead atoms. The van der Waals surface area contributed by atoms with Gasteiger partial charge in [-0.05, 0) is 17.7 Å². The monoisotopic (exact) mass is 202 g/mol. The average molecular weight is 202 g/mol. The first-order chi connectivity index (χ1) is 6.60. The van der Waals surface area contributed by atoms with Gasteiger partial charge >= 0.3 is 0 Å². The molecule has 1 aromatic carbocycles. The van der Waals surface area contributed by atoms with Gasteiger partial charge in [0, 0.05) is 12.6 Å². The predicted molar refractivity (Wildman–Crippen MR) is 48.9 cm³/mol. The summed E-state index contributed by atoms with van der Waals surface area (Å²) in [6.07, 6.45) is 0. The largest absolute Gasteiger partial charge is 0.494 e. The molecule has 0 spiro atoms. The van der Waals surface area contributed by atoms with Crippen molar-refractivity contribution in [3.8, 4) is 5.75 Å². The van der Waals surface area contributed by atoms with Crippen LogP contribution in [0.3, 0.4) is 0 Å². The van der Waals surface area contributed by atoms with E-state index in [1.807, 2.05) is 0 Å². The van der Waals surface area contributed by atoms with Gasteiger partial charge in [-0.3, -0.25) is 0 Å². The smallest absolute Gasteiger partial charge is 0.200 e. The molecule has 3 nitrogen and oxygen atoms in total. The minimum atomic E-state index is -1.01. The Morgan fingerprint density at radius 2 is 2.07 bits per heavy atom. The molecule has 0 heterocycles. The van der Waals surface area contributed by atoms with Gasteiger partial charge in [0.05, 0.1) is 7.11 Å². The van der Waals surface area contributed by atoms with E-state index in [-0.39, 0.29) is 12.3 Å². The quantitative estimate of drug-likeness (QED) is 0.766. The number of hydrogen-bond acceptors (Lipinski definition) is 3. The van der Waals surface area contributed by atoms with Gasteiger partial charge in [-0.2, -0.15) is 4.39 Å². The van der Waals surface area contributed by atoms with Crippen molar-refractivity contribution in [1.29, 1.82) is 0 Å². The Hall–Kier alpha value is -1.20. The van der Waals surface area contributed by atoms with Gasteiger partial charge in [0.2, 0.25) is 5.82 Å². The van der Waals surface area contributed by atoms with E-state index >= 15 is 0 Å². The van der Waals surface area contributed by atoms with E-state index < -0.39 is 17.7 Å². The summed E-state index contributed by atoms with van der Waals surface area (Å²) in [6.45, 7) is 0.161. The van der Waals surface area contributed by atoms with E-state index in [1.54, 1.807) is 0 Å². The lowest BCUT2D eigenvalue weighted by Gasteiger charge is -2.11. The Bertz CT molecular complexity index is 331. The highest BCUT2D eigenvalue weighted by molar-refractivity contribution is 5.33. The number of nitrogens with two attached hydrogens (primary N) is 2. The third-order valence-electron chi connectivity index (χ3n) is 1.92. The lowest BCUT2D eigenvalue weighted by atomic mass is 10.1. The lowest BCUT2D eigenvalue weighted by Crippen LogP contribution is -2.21. The molecule has 0 unspecified atom stereocenters. The molecule has 0 fully saturated rings. The molecule has 1 rings (SSSR count). The fraction of sp³-hybridized carbons (Fsp3) is 0.333. The Morgan fingerprint density at radius 1 is 1.43 bits per heavy atom. The van der Waals surface area contributed by atoms with E-state index in [9.17, 15) is 8.78 Å². The summed E-state index contributed by atoms with van der Waals surface area (Å²) in [4.78, 5) is 0. The number of ether oxygens (including phenoxy) is 1. The summed E-state index contributed by atoms with van der Waals surface area (Å²) in [6, 6.07) is 1.85. The Morgan fingerprint density at radius 3 is 2.57 bits per heavy atom. The van der Waals surface area contributed by atoms with Crippen LogP contribution in [0.5, 0.6) is 5.75 Å². The van der Waals surface area contributed by atoms with Crippen molar-refractivity contribution in [3.63, 3.8) is 0 Å². The van der Waals surface area contributed by atoms with Crippen LogP contribution in [-0.4, -0.2) is 13.7 Å². The SMILES string of the molecule is COc1cc([C@H](N)CN)cc(F)c1F. The molecular weight excluding hydrogens is 190 g/mol. The van der Waals surface area contributed by atoms with E-state index in [0.29, 0.717) is 5.56 Å². The molecule has 0 amide bonds. The van der Waals surface area contributed by atoms with Crippen LogP contribution in [0.25, 0.3) is 0 Å². The third kappa shape index (κ3) is 2.00. The molecule has 0 radical (unpaired) electrons. The standard InChI is InChI=1S/C9H12F2N2O/c1-14-8-3-5(7(13)4-12)2-6(10)9(8)11/h2-3,7H,4,12-13H2,1H3/t7-/m1/s1. The zero-order chi connectivity index (χ0) is 10.7. The Kier molecular flexibility index (Phi) is 3.38. The molecule has 78 valence electrons. The van der Waals surface area contributed by atoms with Crippen LogP contribution in [0.2, 0.25) is 0 Å². The maximum atomic E-state index is 13.0. The van der Waals surface area contributed by atoms with Gasteiger partial charge in [0.25, 0.3) is 0 Å². The van der Waals surface area contributed by atoms with E-state index in [2.05, 4.69) is 4.74 Å². The van der Waals surface area contributed by atoms with Gasteiger partial charge in [0.15, 0.2) is 11.6 Å². The summed E-state index contributed by atoms with van der Waals surface area (Å²) < 4.78 is 30.6. The molecule has 0 aliphatic rings. The van der Waals surface area contributed by atoms with Crippen LogP contribution in [0.4, 0.5) is 8.78 Å². The number of hydrogen-bond donors (Lipinski definition) is 2. The average Bonchev–Trinajstić information content (AvgIpc) is 2.20. The molecule has 1 atom stereocenters. The van der Waals surface area contributed by atoms with Crippen molar-refractivity contribution in [2.75, 3.05) is 13.7 Å². The highest BCUT2D eigenvalue weighted by atomic mass is 19.2. The highest BCUT2D eigenvalue weighted by Gasteiger charge is 2.14. The highest BCUT2D eigenvalue weighted by Crippen LogP contribution is 2.24. The summed E-state index contributed by atoms with van der Waals surface area (Å²) in [7, 11) is 1.26. The fourth-order valence-electron chi connectivity index (χ4n) is 1.08. The minimum Gasteiger partial charge on any atom is -0.494 e. The van der Waals surface area contributed by atoms with Crippen LogP contribution in [0.15, 0.2) is 12.1 Å². The summed E-state index contributed by atoms with van der Waals surface area (Å²) in [5.74, 6) is -2.16. The first-order valence-corrected chi connectivity index (χ1v) is 4.08. The molecule has 1 aromatic rings. The molecule has 0 aliphatic carbocycles. The second-order valence-electron chi connectivity index (χ2n) is 2.86. The third-order valence-corrected chi connectivity index (χ3v) is 1.92. The van der Waals surface area contributed by atoms with Crippen LogP contribution in [-0.2, 0) is 0 Å². The Labute approximate surface area is 80.7 Å². The topological polar surface area (TPSA) is 61.3 Å². The van der Waals surface area contributed by atoms with Crippen molar-refractivity contribution in [1.82, 2.24) is 0 Å². The van der Waals surface area contributed by atoms with Gasteiger partial charge < -0.3 is 16.2 Å². The molecular formula is C9H12F2N2O. The lowest BCUT2D eigenvalue weighted by molar-refractivity contribution is 0.370. The van der Waals surface area contributed by atoms with E-state index in [1.165, 1.54) is 13.2 Å². The fourth-order valence-corrected chi connectivity index (χ4v) is 1.08. The van der Waals surface area contributed by atoms with E-state index in [4.69, 9.17) is 11.5 Å². The predicted octanol–water partition coefficient (Wildman–Crippen LogP) is 0.932. The van der Waals surface area contributed by atoms with Crippen LogP contribution in [0, 0.1) is 11.6 Å². The molecule has 4 N–H and O–H groups in total. The number of benzene rings is 1. The number of methoxy groups -OCH3 is 1. The van der Waals surface area contributed by atoms with E-state index in [0.717, 1.165) is 6.07 Å². The van der Waals surface area contributed by atoms with Crippen molar-refractivity contribution in [2.45, 2.75) is 6.04 Å².